The molecule has 0 amide bonds. The normalized spacial score (nSPS) is 9.87. The molecule has 0 aromatic heterocycles. The topological polar surface area (TPSA) is 23.8 Å². The molecule has 0 bridgehead atoms. The molecule has 0 fully saturated rings. The van der Waals surface area contributed by atoms with E-state index in [2.05, 4.69) is 5.81 Å². The first kappa shape index (κ1) is 9.90. The summed E-state index contributed by atoms with van der Waals surface area (Å²) in [5, 5.41) is 11.4. The number of benzene rings is 2. The van der Waals surface area contributed by atoms with Gasteiger partial charge in [0.2, 0.25) is 0 Å². The molecule has 0 saturated carbocycles. The highest BCUT2D eigenvalue weighted by atomic mass is 31.1. The number of rotatable bonds is 2. The average molecular weight is 211 g/mol. The van der Waals surface area contributed by atoms with Gasteiger partial charge >= 0.3 is 0 Å². The summed E-state index contributed by atoms with van der Waals surface area (Å²) in [5.74, 6) is 2.40. The van der Waals surface area contributed by atoms with Gasteiger partial charge in [-0.1, -0.05) is 60.7 Å². The number of hydrogen-bond acceptors (Lipinski definition) is 1. The van der Waals surface area contributed by atoms with E-state index < -0.39 is 7.92 Å². The van der Waals surface area contributed by atoms with Crippen LogP contribution in [0.2, 0.25) is 0 Å². The second kappa shape index (κ2) is 4.73. The molecule has 0 saturated heterocycles. The van der Waals surface area contributed by atoms with E-state index in [1.54, 1.807) is 0 Å². The van der Waals surface area contributed by atoms with E-state index in [0.717, 1.165) is 10.6 Å². The molecule has 0 atom stereocenters. The maximum atomic E-state index is 9.21. The summed E-state index contributed by atoms with van der Waals surface area (Å²) in [5.41, 5.74) is 0. The third-order valence-electron chi connectivity index (χ3n) is 2.13. The van der Waals surface area contributed by atoms with Gasteiger partial charge in [-0.3, -0.25) is 0 Å². The van der Waals surface area contributed by atoms with Crippen molar-refractivity contribution < 1.29 is 0 Å². The molecule has 15 heavy (non-hydrogen) atoms. The number of nitriles is 1. The Morgan fingerprint density at radius 1 is 0.733 bits per heavy atom. The molecule has 2 rings (SSSR count). The van der Waals surface area contributed by atoms with Crippen molar-refractivity contribution >= 4 is 18.5 Å². The van der Waals surface area contributed by atoms with E-state index in [0.29, 0.717) is 0 Å². The molecule has 2 aromatic carbocycles. The number of nitrogens with zero attached hydrogens (tertiary/aromatic N) is 1. The highest BCUT2D eigenvalue weighted by molar-refractivity contribution is 7.77. The van der Waals surface area contributed by atoms with E-state index in [1.807, 2.05) is 60.7 Å². The summed E-state index contributed by atoms with van der Waals surface area (Å²) in [6, 6.07) is 19.9. The smallest absolute Gasteiger partial charge is 0.0970 e. The molecule has 0 radical (unpaired) electrons. The lowest BCUT2D eigenvalue weighted by molar-refractivity contribution is 1.56. The Kier molecular flexibility index (Phi) is 3.12. The minimum Gasteiger partial charge on any atom is -0.193 e. The van der Waals surface area contributed by atoms with E-state index in [9.17, 15) is 5.26 Å². The minimum absolute atomic E-state index is 0.843. The monoisotopic (exact) mass is 211 g/mol. The van der Waals surface area contributed by atoms with E-state index >= 15 is 0 Å². The Morgan fingerprint density at radius 2 is 1.13 bits per heavy atom. The predicted octanol–water partition coefficient (Wildman–Crippen LogP) is 2.60. The van der Waals surface area contributed by atoms with Crippen molar-refractivity contribution in [2.45, 2.75) is 0 Å². The molecule has 0 aliphatic carbocycles. The van der Waals surface area contributed by atoms with Crippen LogP contribution in [0.4, 0.5) is 0 Å². The lowest BCUT2D eigenvalue weighted by atomic mass is 10.4. The van der Waals surface area contributed by atoms with Gasteiger partial charge < -0.3 is 0 Å². The standard InChI is InChI=1S/C13H10NP/c14-11-15(12-7-3-1-4-8-12)13-9-5-2-6-10-13/h1-10H. The molecular weight excluding hydrogens is 201 g/mol. The van der Waals surface area contributed by atoms with Crippen LogP contribution >= 0.6 is 7.92 Å². The molecule has 0 heterocycles. The first-order valence-electron chi connectivity index (χ1n) is 4.72. The minimum atomic E-state index is -0.843. The fraction of sp³-hybridized carbons (Fsp3) is 0. The zero-order valence-corrected chi connectivity index (χ0v) is 9.06. The van der Waals surface area contributed by atoms with Crippen molar-refractivity contribution in [3.8, 4) is 5.81 Å². The van der Waals surface area contributed by atoms with Gasteiger partial charge in [0, 0.05) is 0 Å². The maximum absolute atomic E-state index is 9.21. The third-order valence-corrected chi connectivity index (χ3v) is 3.96. The van der Waals surface area contributed by atoms with Crippen LogP contribution in [-0.4, -0.2) is 0 Å². The third kappa shape index (κ3) is 2.24. The molecule has 0 N–H and O–H groups in total. The molecular formula is C13H10NP. The molecule has 2 heteroatoms. The van der Waals surface area contributed by atoms with Gasteiger partial charge in [-0.15, -0.1) is 0 Å². The Balaban J connectivity index is 2.39. The van der Waals surface area contributed by atoms with E-state index in [4.69, 9.17) is 0 Å². The van der Waals surface area contributed by atoms with Crippen molar-refractivity contribution in [1.82, 2.24) is 0 Å². The SMILES string of the molecule is N#CP(c1ccccc1)c1ccccc1. The fourth-order valence-corrected chi connectivity index (χ4v) is 2.89. The molecule has 0 unspecified atom stereocenters. The van der Waals surface area contributed by atoms with Crippen LogP contribution in [0.25, 0.3) is 0 Å². The van der Waals surface area contributed by atoms with Gasteiger partial charge in [0.15, 0.2) is 0 Å². The second-order valence-electron chi connectivity index (χ2n) is 3.11. The maximum Gasteiger partial charge on any atom is 0.0970 e. The van der Waals surface area contributed by atoms with Crippen LogP contribution < -0.4 is 10.6 Å². The zero-order valence-electron chi connectivity index (χ0n) is 8.17. The molecule has 0 aliphatic heterocycles. The number of hydrogen-bond donors (Lipinski definition) is 0. The Hall–Kier alpha value is -1.64. The Bertz CT molecular complexity index is 419. The summed E-state index contributed by atoms with van der Waals surface area (Å²) >= 11 is 0. The van der Waals surface area contributed by atoms with Crippen molar-refractivity contribution in [2.75, 3.05) is 0 Å². The lowest BCUT2D eigenvalue weighted by Crippen LogP contribution is -2.09. The highest BCUT2D eigenvalue weighted by Gasteiger charge is 2.11. The summed E-state index contributed by atoms with van der Waals surface area (Å²) in [4.78, 5) is 0. The van der Waals surface area contributed by atoms with Gasteiger partial charge in [0.1, 0.15) is 0 Å². The lowest BCUT2D eigenvalue weighted by Gasteiger charge is -2.08. The van der Waals surface area contributed by atoms with Crippen molar-refractivity contribution in [3.05, 3.63) is 60.7 Å². The van der Waals surface area contributed by atoms with Gasteiger partial charge in [0.05, 0.1) is 13.7 Å². The van der Waals surface area contributed by atoms with Gasteiger partial charge in [0.25, 0.3) is 0 Å². The molecule has 0 spiro atoms. The van der Waals surface area contributed by atoms with Crippen molar-refractivity contribution in [1.29, 1.82) is 5.26 Å². The van der Waals surface area contributed by atoms with Crippen LogP contribution in [0.15, 0.2) is 60.7 Å². The summed E-state index contributed by atoms with van der Waals surface area (Å²) in [6.07, 6.45) is 0. The Labute approximate surface area is 90.7 Å². The van der Waals surface area contributed by atoms with E-state index in [-0.39, 0.29) is 0 Å². The van der Waals surface area contributed by atoms with Crippen LogP contribution in [0.1, 0.15) is 0 Å². The predicted molar refractivity (Wildman–Crippen MR) is 64.7 cm³/mol. The highest BCUT2D eigenvalue weighted by Crippen LogP contribution is 2.30. The molecule has 1 nitrogen and oxygen atoms in total. The zero-order chi connectivity index (χ0) is 10.5. The van der Waals surface area contributed by atoms with Gasteiger partial charge in [-0.25, -0.2) is 0 Å². The van der Waals surface area contributed by atoms with Crippen LogP contribution in [0.5, 0.6) is 0 Å². The van der Waals surface area contributed by atoms with Gasteiger partial charge in [-0.2, -0.15) is 5.26 Å². The summed E-state index contributed by atoms with van der Waals surface area (Å²) in [7, 11) is -0.843. The molecule has 0 aliphatic rings. The quantitative estimate of drug-likeness (QED) is 0.700. The fourth-order valence-electron chi connectivity index (χ4n) is 1.42. The Morgan fingerprint density at radius 3 is 1.47 bits per heavy atom. The van der Waals surface area contributed by atoms with Crippen LogP contribution in [0.3, 0.4) is 0 Å². The summed E-state index contributed by atoms with van der Waals surface area (Å²) < 4.78 is 0. The first-order valence-corrected chi connectivity index (χ1v) is 6.06. The van der Waals surface area contributed by atoms with Crippen molar-refractivity contribution in [2.24, 2.45) is 0 Å². The largest absolute Gasteiger partial charge is 0.193 e. The van der Waals surface area contributed by atoms with Crippen LogP contribution in [0, 0.1) is 11.1 Å². The van der Waals surface area contributed by atoms with E-state index in [1.165, 1.54) is 0 Å². The second-order valence-corrected chi connectivity index (χ2v) is 5.01. The van der Waals surface area contributed by atoms with Gasteiger partial charge in [-0.05, 0) is 10.6 Å². The molecule has 72 valence electrons. The first-order chi connectivity index (χ1) is 7.42. The average Bonchev–Trinajstić information content (AvgIpc) is 2.33. The van der Waals surface area contributed by atoms with Crippen LogP contribution in [-0.2, 0) is 0 Å². The molecule has 2 aromatic rings. The summed E-state index contributed by atoms with van der Waals surface area (Å²) in [6.45, 7) is 0. The van der Waals surface area contributed by atoms with Crippen molar-refractivity contribution in [3.63, 3.8) is 0 Å².